The van der Waals surface area contributed by atoms with Crippen LogP contribution < -0.4 is 0 Å². The summed E-state index contributed by atoms with van der Waals surface area (Å²) in [6, 6.07) is 1.24. The Morgan fingerprint density at radius 2 is 2.10 bits per heavy atom. The molecule has 5 nitrogen and oxygen atoms in total. The molecule has 0 amide bonds. The molecule has 1 aromatic heterocycles. The van der Waals surface area contributed by atoms with E-state index in [1.807, 2.05) is 0 Å². The third-order valence-corrected chi connectivity index (χ3v) is 7.89. The molecule has 1 fully saturated rings. The molecule has 118 valence electrons. The minimum absolute atomic E-state index is 0.0290. The van der Waals surface area contributed by atoms with Crippen LogP contribution >= 0.6 is 27.3 Å². The average Bonchev–Trinajstić information content (AvgIpc) is 2.83. The van der Waals surface area contributed by atoms with E-state index in [0.717, 1.165) is 37.0 Å². The maximum absolute atomic E-state index is 12.6. The molecule has 0 bridgehead atoms. The molecule has 1 aliphatic rings. The highest BCUT2D eigenvalue weighted by Gasteiger charge is 2.32. The predicted molar refractivity (Wildman–Crippen MR) is 85.4 cm³/mol. The van der Waals surface area contributed by atoms with E-state index in [9.17, 15) is 13.2 Å². The number of thiophene rings is 1. The fourth-order valence-corrected chi connectivity index (χ4v) is 6.44. The first-order chi connectivity index (χ1) is 9.86. The molecule has 1 saturated heterocycles. The Kier molecular flexibility index (Phi) is 5.45. The minimum Gasteiger partial charge on any atom is -0.477 e. The molecule has 1 aliphatic heterocycles. The van der Waals surface area contributed by atoms with Gasteiger partial charge in [0.15, 0.2) is 0 Å². The predicted octanol–water partition coefficient (Wildman–Crippen LogP) is 3.41. The van der Waals surface area contributed by atoms with Crippen LogP contribution in [0.2, 0.25) is 0 Å². The summed E-state index contributed by atoms with van der Waals surface area (Å²) in [5.74, 6) is -0.509. The van der Waals surface area contributed by atoms with Crippen molar-refractivity contribution in [1.82, 2.24) is 4.31 Å². The van der Waals surface area contributed by atoms with Gasteiger partial charge in [-0.3, -0.25) is 0 Å². The smallest absolute Gasteiger partial charge is 0.345 e. The van der Waals surface area contributed by atoms with Gasteiger partial charge in [-0.15, -0.1) is 11.3 Å². The van der Waals surface area contributed by atoms with Crippen LogP contribution in [0.15, 0.2) is 14.7 Å². The lowest BCUT2D eigenvalue weighted by Crippen LogP contribution is -2.38. The molecule has 0 aromatic carbocycles. The average molecular weight is 396 g/mol. The van der Waals surface area contributed by atoms with E-state index >= 15 is 0 Å². The highest BCUT2D eigenvalue weighted by Crippen LogP contribution is 2.35. The van der Waals surface area contributed by atoms with Crippen molar-refractivity contribution in [3.8, 4) is 0 Å². The zero-order chi connectivity index (χ0) is 15.6. The van der Waals surface area contributed by atoms with Crippen LogP contribution in [-0.4, -0.2) is 36.9 Å². The maximum atomic E-state index is 12.6. The summed E-state index contributed by atoms with van der Waals surface area (Å²) >= 11 is 4.11. The molecule has 1 aromatic rings. The molecular formula is C13H18BrNO4S2. The normalized spacial score (nSPS) is 18.0. The van der Waals surface area contributed by atoms with Crippen molar-refractivity contribution >= 4 is 43.3 Å². The first-order valence-electron chi connectivity index (χ1n) is 6.89. The second-order valence-electron chi connectivity index (χ2n) is 5.19. The highest BCUT2D eigenvalue weighted by atomic mass is 79.9. The highest BCUT2D eigenvalue weighted by molar-refractivity contribution is 9.11. The first kappa shape index (κ1) is 16.9. The fraction of sp³-hybridized carbons (Fsp3) is 0.615. The molecule has 0 aliphatic carbocycles. The zero-order valence-electron chi connectivity index (χ0n) is 11.7. The molecule has 0 unspecified atom stereocenters. The van der Waals surface area contributed by atoms with E-state index in [1.54, 1.807) is 0 Å². The van der Waals surface area contributed by atoms with Crippen LogP contribution in [0.3, 0.4) is 0 Å². The summed E-state index contributed by atoms with van der Waals surface area (Å²) in [4.78, 5) is 11.1. The number of nitrogens with zero attached hydrogens (tertiary/aromatic N) is 1. The number of carboxylic acids is 1. The molecule has 0 atom stereocenters. The van der Waals surface area contributed by atoms with Gasteiger partial charge in [-0.25, -0.2) is 13.2 Å². The molecular weight excluding hydrogens is 378 g/mol. The summed E-state index contributed by atoms with van der Waals surface area (Å²) in [5.41, 5.74) is 0. The van der Waals surface area contributed by atoms with E-state index in [4.69, 9.17) is 5.11 Å². The topological polar surface area (TPSA) is 74.7 Å². The van der Waals surface area contributed by atoms with Crippen molar-refractivity contribution in [2.24, 2.45) is 5.92 Å². The van der Waals surface area contributed by atoms with Gasteiger partial charge in [0.05, 0.1) is 3.79 Å². The number of hydrogen-bond acceptors (Lipinski definition) is 4. The Labute approximate surface area is 137 Å². The summed E-state index contributed by atoms with van der Waals surface area (Å²) in [5, 5.41) is 8.97. The quantitative estimate of drug-likeness (QED) is 0.828. The van der Waals surface area contributed by atoms with Gasteiger partial charge in [-0.2, -0.15) is 4.31 Å². The van der Waals surface area contributed by atoms with Gasteiger partial charge in [0.1, 0.15) is 9.77 Å². The molecule has 1 N–H and O–H groups in total. The number of rotatable bonds is 5. The number of sulfonamides is 1. The Hall–Kier alpha value is -0.440. The van der Waals surface area contributed by atoms with Crippen LogP contribution in [0.5, 0.6) is 0 Å². The van der Waals surface area contributed by atoms with Gasteiger partial charge in [0.25, 0.3) is 0 Å². The van der Waals surface area contributed by atoms with Gasteiger partial charge in [0.2, 0.25) is 10.0 Å². The van der Waals surface area contributed by atoms with Crippen LogP contribution in [0.1, 0.15) is 42.3 Å². The number of piperidine rings is 1. The van der Waals surface area contributed by atoms with Gasteiger partial charge in [-0.05, 0) is 40.8 Å². The van der Waals surface area contributed by atoms with E-state index < -0.39 is 16.0 Å². The summed E-state index contributed by atoms with van der Waals surface area (Å²) < 4.78 is 27.1. The van der Waals surface area contributed by atoms with Gasteiger partial charge in [0, 0.05) is 13.1 Å². The van der Waals surface area contributed by atoms with Crippen molar-refractivity contribution in [2.75, 3.05) is 13.1 Å². The zero-order valence-corrected chi connectivity index (χ0v) is 14.9. The molecule has 0 spiro atoms. The van der Waals surface area contributed by atoms with Crippen molar-refractivity contribution in [2.45, 2.75) is 37.5 Å². The third-order valence-electron chi connectivity index (χ3n) is 3.75. The van der Waals surface area contributed by atoms with E-state index in [2.05, 4.69) is 22.9 Å². The van der Waals surface area contributed by atoms with Crippen LogP contribution in [0, 0.1) is 5.92 Å². The summed E-state index contributed by atoms with van der Waals surface area (Å²) in [6.45, 7) is 3.16. The van der Waals surface area contributed by atoms with Crippen LogP contribution in [0.25, 0.3) is 0 Å². The van der Waals surface area contributed by atoms with Crippen LogP contribution in [-0.2, 0) is 10.0 Å². The molecule has 2 rings (SSSR count). The number of hydrogen-bond donors (Lipinski definition) is 1. The van der Waals surface area contributed by atoms with Gasteiger partial charge >= 0.3 is 5.97 Å². The minimum atomic E-state index is -3.61. The van der Waals surface area contributed by atoms with Crippen molar-refractivity contribution in [1.29, 1.82) is 0 Å². The maximum Gasteiger partial charge on any atom is 0.345 e. The van der Waals surface area contributed by atoms with Crippen LogP contribution in [0.4, 0.5) is 0 Å². The largest absolute Gasteiger partial charge is 0.477 e. The Morgan fingerprint density at radius 1 is 1.48 bits per heavy atom. The van der Waals surface area contributed by atoms with E-state index in [-0.39, 0.29) is 9.77 Å². The SMILES string of the molecule is CCCC1CCN(S(=O)(=O)c2cc(C(=O)O)sc2Br)CC1. The molecule has 0 saturated carbocycles. The molecule has 0 radical (unpaired) electrons. The number of carboxylic acid groups (broad SMARTS) is 1. The summed E-state index contributed by atoms with van der Waals surface area (Å²) in [7, 11) is -3.61. The van der Waals surface area contributed by atoms with Crippen molar-refractivity contribution in [3.63, 3.8) is 0 Å². The standard InChI is InChI=1S/C13H18BrNO4S2/c1-2-3-9-4-6-15(7-5-9)21(18,19)11-8-10(13(16)17)20-12(11)14/h8-9H,2-7H2,1H3,(H,16,17). The third kappa shape index (κ3) is 3.67. The lowest BCUT2D eigenvalue weighted by Gasteiger charge is -2.30. The second-order valence-corrected chi connectivity index (χ2v) is 9.47. The van der Waals surface area contributed by atoms with Gasteiger partial charge < -0.3 is 5.11 Å². The summed E-state index contributed by atoms with van der Waals surface area (Å²) in [6.07, 6.45) is 4.01. The lowest BCUT2D eigenvalue weighted by atomic mass is 9.94. The van der Waals surface area contributed by atoms with Gasteiger partial charge in [-0.1, -0.05) is 19.8 Å². The van der Waals surface area contributed by atoms with Crippen molar-refractivity contribution in [3.05, 3.63) is 14.7 Å². The Morgan fingerprint density at radius 3 is 2.57 bits per heavy atom. The number of halogens is 1. The molecule has 21 heavy (non-hydrogen) atoms. The number of aromatic carboxylic acids is 1. The Balaban J connectivity index is 2.18. The van der Waals surface area contributed by atoms with E-state index in [0.29, 0.717) is 22.8 Å². The Bertz CT molecular complexity index is 618. The fourth-order valence-electron chi connectivity index (χ4n) is 2.62. The lowest BCUT2D eigenvalue weighted by molar-refractivity contribution is 0.0702. The number of carbonyl (C=O) groups is 1. The first-order valence-corrected chi connectivity index (χ1v) is 9.94. The second kappa shape index (κ2) is 6.76. The monoisotopic (exact) mass is 395 g/mol. The van der Waals surface area contributed by atoms with Crippen molar-refractivity contribution < 1.29 is 18.3 Å². The molecule has 2 heterocycles. The van der Waals surface area contributed by atoms with E-state index in [1.165, 1.54) is 10.4 Å². The molecule has 8 heteroatoms.